The van der Waals surface area contributed by atoms with E-state index in [4.69, 9.17) is 37.7 Å². The Labute approximate surface area is 308 Å². The molecule has 1 fully saturated rings. The van der Waals surface area contributed by atoms with Gasteiger partial charge >= 0.3 is 0 Å². The molecule has 0 radical (unpaired) electrons. The lowest BCUT2D eigenvalue weighted by atomic mass is 9.93. The zero-order valence-electron chi connectivity index (χ0n) is 28.4. The third-order valence-electron chi connectivity index (χ3n) is 9.77. The molecule has 8 nitrogen and oxygen atoms in total. The number of nitriles is 1. The molecule has 10 heteroatoms. The summed E-state index contributed by atoms with van der Waals surface area (Å²) in [4.78, 5) is 11.3. The highest BCUT2D eigenvalue weighted by atomic mass is 35.5. The Kier molecular flexibility index (Phi) is 10.8. The molecule has 1 aliphatic carbocycles. The van der Waals surface area contributed by atoms with Crippen LogP contribution in [0.4, 0.5) is 0 Å². The largest absolute Gasteiger partial charge is 0.472 e. The highest BCUT2D eigenvalue weighted by molar-refractivity contribution is 6.36. The number of aliphatic hydroxyl groups excluding tert-OH is 1. The van der Waals surface area contributed by atoms with Crippen molar-refractivity contribution in [3.63, 3.8) is 0 Å². The molecule has 0 bridgehead atoms. The molecule has 3 aromatic carbocycles. The van der Waals surface area contributed by atoms with Gasteiger partial charge in [-0.25, -0.2) is 0 Å². The first kappa shape index (κ1) is 34.9. The van der Waals surface area contributed by atoms with E-state index < -0.39 is 0 Å². The van der Waals surface area contributed by atoms with Crippen LogP contribution in [-0.2, 0) is 19.6 Å². The zero-order chi connectivity index (χ0) is 35.3. The minimum absolute atomic E-state index is 0.00473. The summed E-state index contributed by atoms with van der Waals surface area (Å²) in [6.07, 6.45) is 6.88. The molecular weight excluding hydrogens is 681 g/mol. The molecule has 1 aliphatic heterocycles. The number of nitrogens with zero attached hydrogens (tertiary/aromatic N) is 4. The first-order valence-corrected chi connectivity index (χ1v) is 18.0. The van der Waals surface area contributed by atoms with Gasteiger partial charge in [0, 0.05) is 53.8 Å². The van der Waals surface area contributed by atoms with Crippen LogP contribution in [0.25, 0.3) is 22.3 Å². The maximum atomic E-state index is 9.28. The second-order valence-corrected chi connectivity index (χ2v) is 13.9. The fourth-order valence-corrected chi connectivity index (χ4v) is 7.77. The van der Waals surface area contributed by atoms with Crippen LogP contribution >= 0.6 is 23.2 Å². The Morgan fingerprint density at radius 3 is 2.57 bits per heavy atom. The number of aliphatic hydroxyl groups is 1. The van der Waals surface area contributed by atoms with Crippen LogP contribution in [0.15, 0.2) is 85.2 Å². The Bertz CT molecular complexity index is 2070. The normalized spacial score (nSPS) is 16.9. The smallest absolute Gasteiger partial charge is 0.236 e. The minimum Gasteiger partial charge on any atom is -0.472 e. The number of pyridine rings is 2. The number of halogens is 2. The van der Waals surface area contributed by atoms with Gasteiger partial charge in [0.1, 0.15) is 23.8 Å². The summed E-state index contributed by atoms with van der Waals surface area (Å²) in [5, 5.41) is 22.8. The molecule has 1 saturated heterocycles. The maximum Gasteiger partial charge on any atom is 0.236 e. The lowest BCUT2D eigenvalue weighted by Crippen LogP contribution is -2.18. The Morgan fingerprint density at radius 1 is 0.980 bits per heavy atom. The summed E-state index contributed by atoms with van der Waals surface area (Å²) in [6.45, 7) is 2.08. The van der Waals surface area contributed by atoms with Crippen molar-refractivity contribution in [2.75, 3.05) is 26.7 Å². The van der Waals surface area contributed by atoms with Crippen molar-refractivity contribution in [3.8, 4) is 40.1 Å². The summed E-state index contributed by atoms with van der Waals surface area (Å²) in [5.74, 6) is 0.623. The number of hydrogen-bond donors (Lipinski definition) is 2. The van der Waals surface area contributed by atoms with Crippen LogP contribution in [0.2, 0.25) is 10.0 Å². The van der Waals surface area contributed by atoms with Gasteiger partial charge in [-0.05, 0) is 79.2 Å². The van der Waals surface area contributed by atoms with Gasteiger partial charge in [0.25, 0.3) is 0 Å². The molecule has 0 saturated carbocycles. The third-order valence-corrected chi connectivity index (χ3v) is 10.4. The number of likely N-dealkylation sites (tertiary alicyclic amines) is 1. The monoisotopic (exact) mass is 719 g/mol. The van der Waals surface area contributed by atoms with Crippen LogP contribution in [0.3, 0.4) is 0 Å². The number of aromatic nitrogens is 2. The standard InChI is InChI=1S/C41H39Cl2N5O3/c1-48-17-4-9-37(48)29-12-10-28(11-13-29)31-5-2-8-35(39(31)43)32-6-3-7-34-33(32)14-15-38(34)51-41-36(42)20-30(24-45-16-18-49)40(47-41)50-25-27-19-26(21-44)22-46-23-27/h2-3,5-8,10-13,19-20,22-23,37-38,45,49H,4,9,14-18,24-25H2,1H3/t37?,38-/m0/s1. The number of benzene rings is 3. The third kappa shape index (κ3) is 7.59. The Hall–Kier alpha value is -4.49. The van der Waals surface area contributed by atoms with Crippen LogP contribution in [0, 0.1) is 11.3 Å². The van der Waals surface area contributed by atoms with Crippen LogP contribution < -0.4 is 14.8 Å². The van der Waals surface area contributed by atoms with E-state index in [0.29, 0.717) is 41.2 Å². The van der Waals surface area contributed by atoms with E-state index in [1.54, 1.807) is 18.3 Å². The number of rotatable bonds is 12. The first-order valence-electron chi connectivity index (χ1n) is 17.3. The summed E-state index contributed by atoms with van der Waals surface area (Å²) < 4.78 is 12.7. The Balaban J connectivity index is 1.14. The molecule has 2 aliphatic rings. The molecule has 2 atom stereocenters. The molecule has 2 aromatic heterocycles. The second-order valence-electron chi connectivity index (χ2n) is 13.1. The van der Waals surface area contributed by atoms with Crippen molar-refractivity contribution in [2.24, 2.45) is 0 Å². The van der Waals surface area contributed by atoms with Gasteiger partial charge in [-0.2, -0.15) is 10.2 Å². The summed E-state index contributed by atoms with van der Waals surface area (Å²) in [7, 11) is 2.20. The highest BCUT2D eigenvalue weighted by Gasteiger charge is 2.29. The summed E-state index contributed by atoms with van der Waals surface area (Å²) in [6, 6.07) is 27.5. The molecule has 1 unspecified atom stereocenters. The number of ether oxygens (including phenoxy) is 2. The second kappa shape index (κ2) is 15.8. The predicted octanol–water partition coefficient (Wildman–Crippen LogP) is 8.48. The number of fused-ring (bicyclic) bond motifs is 1. The van der Waals surface area contributed by atoms with Crippen molar-refractivity contribution in [1.82, 2.24) is 20.2 Å². The number of nitrogens with one attached hydrogen (secondary N) is 1. The first-order chi connectivity index (χ1) is 24.9. The van der Waals surface area contributed by atoms with Gasteiger partial charge in [0.2, 0.25) is 11.8 Å². The minimum atomic E-state index is -0.268. The van der Waals surface area contributed by atoms with Gasteiger partial charge < -0.3 is 19.9 Å². The van der Waals surface area contributed by atoms with Crippen LogP contribution in [-0.4, -0.2) is 46.7 Å². The van der Waals surface area contributed by atoms with E-state index in [1.165, 1.54) is 30.2 Å². The van der Waals surface area contributed by atoms with Crippen molar-refractivity contribution in [1.29, 1.82) is 5.26 Å². The van der Waals surface area contributed by atoms with E-state index >= 15 is 0 Å². The SMILES string of the molecule is CN1CCCC1c1ccc(-c2cccc(-c3cccc4c3CC[C@@H]4Oc3nc(OCc4cncc(C#N)c4)c(CNCCO)cc3Cl)c2Cl)cc1. The van der Waals surface area contributed by atoms with E-state index in [0.717, 1.165) is 57.8 Å². The summed E-state index contributed by atoms with van der Waals surface area (Å²) >= 11 is 14.0. The molecule has 7 rings (SSSR count). The molecule has 0 amide bonds. The molecule has 0 spiro atoms. The molecule has 2 N–H and O–H groups in total. The average Bonchev–Trinajstić information content (AvgIpc) is 3.78. The molecule has 3 heterocycles. The number of hydrogen-bond acceptors (Lipinski definition) is 8. The molecule has 51 heavy (non-hydrogen) atoms. The lowest BCUT2D eigenvalue weighted by molar-refractivity contribution is 0.194. The summed E-state index contributed by atoms with van der Waals surface area (Å²) in [5.41, 5.74) is 9.72. The maximum absolute atomic E-state index is 9.28. The van der Waals surface area contributed by atoms with Gasteiger partial charge in [0.15, 0.2) is 0 Å². The molecular formula is C41H39Cl2N5O3. The predicted molar refractivity (Wildman–Crippen MR) is 200 cm³/mol. The zero-order valence-corrected chi connectivity index (χ0v) is 29.9. The van der Waals surface area contributed by atoms with Gasteiger partial charge in [-0.1, -0.05) is 83.9 Å². The highest BCUT2D eigenvalue weighted by Crippen LogP contribution is 2.45. The van der Waals surface area contributed by atoms with Gasteiger partial charge in [0.05, 0.1) is 17.2 Å². The van der Waals surface area contributed by atoms with Crippen LogP contribution in [0.5, 0.6) is 11.8 Å². The Morgan fingerprint density at radius 2 is 1.78 bits per heavy atom. The fraction of sp³-hybridized carbons (Fsp3) is 0.293. The van der Waals surface area contributed by atoms with Crippen LogP contribution in [0.1, 0.15) is 64.8 Å². The van der Waals surface area contributed by atoms with Crippen molar-refractivity contribution in [2.45, 2.75) is 51.0 Å². The quantitative estimate of drug-likeness (QED) is 0.124. The van der Waals surface area contributed by atoms with Gasteiger partial charge in [-0.3, -0.25) is 9.88 Å². The van der Waals surface area contributed by atoms with E-state index in [2.05, 4.69) is 89.0 Å². The molecule has 260 valence electrons. The lowest BCUT2D eigenvalue weighted by Gasteiger charge is -2.20. The van der Waals surface area contributed by atoms with E-state index in [9.17, 15) is 10.4 Å². The van der Waals surface area contributed by atoms with E-state index in [-0.39, 0.29) is 25.2 Å². The average molecular weight is 721 g/mol. The fourth-order valence-electron chi connectivity index (χ4n) is 7.21. The van der Waals surface area contributed by atoms with Crippen molar-refractivity contribution >= 4 is 23.2 Å². The van der Waals surface area contributed by atoms with Gasteiger partial charge in [-0.15, -0.1) is 0 Å². The van der Waals surface area contributed by atoms with Crippen molar-refractivity contribution < 1.29 is 14.6 Å². The topological polar surface area (TPSA) is 104 Å². The van der Waals surface area contributed by atoms with E-state index in [1.807, 2.05) is 0 Å². The molecule has 5 aromatic rings. The van der Waals surface area contributed by atoms with Crippen molar-refractivity contribution in [3.05, 3.63) is 129 Å².